The lowest BCUT2D eigenvalue weighted by Crippen LogP contribution is -2.47. The maximum absolute atomic E-state index is 14.3. The van der Waals surface area contributed by atoms with Crippen molar-refractivity contribution >= 4 is 23.2 Å². The number of unbranched alkanes of at least 4 members (excludes halogenated alkanes) is 1. The van der Waals surface area contributed by atoms with Crippen molar-refractivity contribution in [2.45, 2.75) is 25.8 Å². The van der Waals surface area contributed by atoms with Gasteiger partial charge in [0.05, 0.1) is 29.1 Å². The fourth-order valence-corrected chi connectivity index (χ4v) is 5.14. The Labute approximate surface area is 232 Å². The smallest absolute Gasteiger partial charge is 0.270 e. The van der Waals surface area contributed by atoms with Crippen LogP contribution in [0.4, 0.5) is 11.4 Å². The summed E-state index contributed by atoms with van der Waals surface area (Å²) in [4.78, 5) is 41.9. The van der Waals surface area contributed by atoms with Crippen LogP contribution >= 0.6 is 0 Å². The van der Waals surface area contributed by atoms with E-state index in [1.165, 1.54) is 23.1 Å². The van der Waals surface area contributed by atoms with Crippen molar-refractivity contribution in [3.8, 4) is 11.4 Å². The van der Waals surface area contributed by atoms with E-state index in [0.29, 0.717) is 18.7 Å². The summed E-state index contributed by atoms with van der Waals surface area (Å²) in [5, 5.41) is 11.3. The summed E-state index contributed by atoms with van der Waals surface area (Å²) in [7, 11) is 1.61. The summed E-state index contributed by atoms with van der Waals surface area (Å²) in [6, 6.07) is 24.5. The molecular weight excluding hydrogens is 508 g/mol. The molecule has 2 amide bonds. The summed E-state index contributed by atoms with van der Waals surface area (Å²) in [6.45, 7) is 2.18. The molecule has 40 heavy (non-hydrogen) atoms. The van der Waals surface area contributed by atoms with Crippen molar-refractivity contribution in [1.29, 1.82) is 0 Å². The molecule has 1 unspecified atom stereocenters. The van der Waals surface area contributed by atoms with Gasteiger partial charge in [0.25, 0.3) is 11.6 Å². The van der Waals surface area contributed by atoms with E-state index in [9.17, 15) is 19.7 Å². The van der Waals surface area contributed by atoms with E-state index in [0.717, 1.165) is 29.1 Å². The number of carbonyl (C=O) groups excluding carboxylic acids is 2. The minimum atomic E-state index is -0.530. The molecule has 0 N–H and O–H groups in total. The molecule has 204 valence electrons. The molecule has 5 rings (SSSR count). The van der Waals surface area contributed by atoms with Gasteiger partial charge in [-0.25, -0.2) is 0 Å². The molecule has 1 aromatic heterocycles. The highest BCUT2D eigenvalue weighted by Gasteiger charge is 2.37. The molecule has 4 aromatic rings. The zero-order valence-electron chi connectivity index (χ0n) is 22.4. The lowest BCUT2D eigenvalue weighted by molar-refractivity contribution is -0.384. The predicted octanol–water partition coefficient (Wildman–Crippen LogP) is 5.77. The molecule has 1 aliphatic rings. The third kappa shape index (κ3) is 5.05. The number of hydrogen-bond donors (Lipinski definition) is 0. The summed E-state index contributed by atoms with van der Waals surface area (Å²) in [5.74, 6) is 0.0391. The minimum absolute atomic E-state index is 0.169. The molecule has 3 aromatic carbocycles. The van der Waals surface area contributed by atoms with Crippen LogP contribution in [0.5, 0.6) is 5.75 Å². The topological polar surface area (TPSA) is 97.9 Å². The number of hydrogen-bond acceptors (Lipinski definition) is 5. The van der Waals surface area contributed by atoms with Gasteiger partial charge in [-0.1, -0.05) is 43.7 Å². The van der Waals surface area contributed by atoms with Crippen molar-refractivity contribution in [2.75, 3.05) is 25.1 Å². The number of anilines is 1. The van der Waals surface area contributed by atoms with Gasteiger partial charge >= 0.3 is 0 Å². The second-order valence-electron chi connectivity index (χ2n) is 9.62. The highest BCUT2D eigenvalue weighted by Crippen LogP contribution is 2.42. The van der Waals surface area contributed by atoms with E-state index in [1.54, 1.807) is 18.1 Å². The molecular formula is C31H30N4O5. The molecule has 0 saturated heterocycles. The van der Waals surface area contributed by atoms with Crippen molar-refractivity contribution in [2.24, 2.45) is 0 Å². The Bertz CT molecular complexity index is 1550. The Kier molecular flexibility index (Phi) is 7.63. The van der Waals surface area contributed by atoms with Gasteiger partial charge in [0.2, 0.25) is 5.91 Å². The predicted molar refractivity (Wildman–Crippen MR) is 152 cm³/mol. The van der Waals surface area contributed by atoms with Gasteiger partial charge in [0.15, 0.2) is 0 Å². The van der Waals surface area contributed by atoms with E-state index in [-0.39, 0.29) is 23.7 Å². The average molecular weight is 539 g/mol. The average Bonchev–Trinajstić information content (AvgIpc) is 3.48. The number of aromatic nitrogens is 1. The Morgan fingerprint density at radius 2 is 1.73 bits per heavy atom. The maximum Gasteiger partial charge on any atom is 0.270 e. The van der Waals surface area contributed by atoms with Gasteiger partial charge < -0.3 is 14.2 Å². The molecule has 1 aliphatic heterocycles. The number of methoxy groups -OCH3 is 1. The van der Waals surface area contributed by atoms with Gasteiger partial charge in [-0.2, -0.15) is 0 Å². The van der Waals surface area contributed by atoms with E-state index < -0.39 is 16.9 Å². The number of benzene rings is 3. The fraction of sp³-hybridized carbons (Fsp3) is 0.226. The van der Waals surface area contributed by atoms with E-state index in [4.69, 9.17) is 4.74 Å². The van der Waals surface area contributed by atoms with Crippen LogP contribution in [-0.4, -0.2) is 46.4 Å². The standard InChI is InChI=1S/C31H30N4O5/c1-3-4-18-32(31(37)23-9-7-10-24(20-23)35(38)39)21-29(36)34-27-12-6-5-11-26(27)33-19-8-13-28(33)30(34)22-14-16-25(40-2)17-15-22/h5-17,19-20,30H,3-4,18,21H2,1-2H3. The largest absolute Gasteiger partial charge is 0.497 e. The second-order valence-corrected chi connectivity index (χ2v) is 9.62. The first-order chi connectivity index (χ1) is 19.4. The second kappa shape index (κ2) is 11.4. The molecule has 0 bridgehead atoms. The number of ether oxygens (including phenoxy) is 1. The van der Waals surface area contributed by atoms with E-state index in [2.05, 4.69) is 4.57 Å². The number of fused-ring (bicyclic) bond motifs is 3. The third-order valence-electron chi connectivity index (χ3n) is 7.12. The summed E-state index contributed by atoms with van der Waals surface area (Å²) >= 11 is 0. The Balaban J connectivity index is 1.54. The summed E-state index contributed by atoms with van der Waals surface area (Å²) in [6.07, 6.45) is 3.49. The van der Waals surface area contributed by atoms with E-state index in [1.807, 2.05) is 73.8 Å². The molecule has 0 radical (unpaired) electrons. The zero-order chi connectivity index (χ0) is 28.2. The number of amides is 2. The molecule has 0 saturated carbocycles. The summed E-state index contributed by atoms with van der Waals surface area (Å²) < 4.78 is 7.43. The number of nitro benzene ring substituents is 1. The lowest BCUT2D eigenvalue weighted by Gasteiger charge is -2.39. The van der Waals surface area contributed by atoms with Crippen LogP contribution in [-0.2, 0) is 4.79 Å². The Morgan fingerprint density at radius 1 is 0.975 bits per heavy atom. The first kappa shape index (κ1) is 26.7. The van der Waals surface area contributed by atoms with Crippen LogP contribution in [0.3, 0.4) is 0 Å². The van der Waals surface area contributed by atoms with Crippen LogP contribution in [0.1, 0.15) is 47.4 Å². The highest BCUT2D eigenvalue weighted by atomic mass is 16.6. The van der Waals surface area contributed by atoms with Crippen LogP contribution in [0.25, 0.3) is 5.69 Å². The maximum atomic E-state index is 14.3. The van der Waals surface area contributed by atoms with Crippen molar-refractivity contribution in [3.63, 3.8) is 0 Å². The first-order valence-electron chi connectivity index (χ1n) is 13.2. The lowest BCUT2D eigenvalue weighted by atomic mass is 9.97. The number of non-ortho nitro benzene ring substituents is 1. The quantitative estimate of drug-likeness (QED) is 0.199. The van der Waals surface area contributed by atoms with Crippen LogP contribution < -0.4 is 9.64 Å². The zero-order valence-corrected chi connectivity index (χ0v) is 22.4. The SMILES string of the molecule is CCCCN(CC(=O)N1c2ccccc2-n2cccc2C1c1ccc(OC)cc1)C(=O)c1cccc([N+](=O)[O-])c1. The number of carbonyl (C=O) groups is 2. The normalized spacial score (nSPS) is 13.8. The Morgan fingerprint density at radius 3 is 2.42 bits per heavy atom. The van der Waals surface area contributed by atoms with Gasteiger partial charge in [-0.15, -0.1) is 0 Å². The molecule has 2 heterocycles. The van der Waals surface area contributed by atoms with Gasteiger partial charge in [-0.3, -0.25) is 24.6 Å². The molecule has 0 aliphatic carbocycles. The number of para-hydroxylation sites is 2. The fourth-order valence-electron chi connectivity index (χ4n) is 5.14. The van der Waals surface area contributed by atoms with Crippen LogP contribution in [0.2, 0.25) is 0 Å². The van der Waals surface area contributed by atoms with E-state index >= 15 is 0 Å². The van der Waals surface area contributed by atoms with Gasteiger partial charge in [0, 0.05) is 30.4 Å². The summed E-state index contributed by atoms with van der Waals surface area (Å²) in [5.41, 5.74) is 3.42. The van der Waals surface area contributed by atoms with Crippen LogP contribution in [0, 0.1) is 10.1 Å². The first-order valence-corrected chi connectivity index (χ1v) is 13.2. The minimum Gasteiger partial charge on any atom is -0.497 e. The Hall–Kier alpha value is -4.92. The van der Waals surface area contributed by atoms with Crippen LogP contribution in [0.15, 0.2) is 91.1 Å². The molecule has 9 heteroatoms. The number of rotatable bonds is 9. The monoisotopic (exact) mass is 538 g/mol. The molecule has 9 nitrogen and oxygen atoms in total. The number of nitro groups is 1. The van der Waals surface area contributed by atoms with Crippen molar-refractivity contribution in [1.82, 2.24) is 9.47 Å². The molecule has 1 atom stereocenters. The molecule has 0 spiro atoms. The third-order valence-corrected chi connectivity index (χ3v) is 7.12. The highest BCUT2D eigenvalue weighted by molar-refractivity contribution is 6.02. The van der Waals surface area contributed by atoms with Gasteiger partial charge in [-0.05, 0) is 54.4 Å². The van der Waals surface area contributed by atoms with Crippen molar-refractivity contribution in [3.05, 3.63) is 118 Å². The van der Waals surface area contributed by atoms with Crippen molar-refractivity contribution < 1.29 is 19.2 Å². The molecule has 0 fully saturated rings. The van der Waals surface area contributed by atoms with Gasteiger partial charge in [0.1, 0.15) is 18.3 Å². The number of nitrogens with zero attached hydrogens (tertiary/aromatic N) is 4.